The number of epoxide rings is 1. The summed E-state index contributed by atoms with van der Waals surface area (Å²) in [5.41, 5.74) is -0.516. The molecular formula is C4H5Cl3O. The summed E-state index contributed by atoms with van der Waals surface area (Å²) in [4.78, 5) is 0. The van der Waals surface area contributed by atoms with Crippen molar-refractivity contribution in [2.45, 2.75) is 16.3 Å². The number of rotatable bonds is 0. The smallest absolute Gasteiger partial charge is 0.221 e. The van der Waals surface area contributed by atoms with Crippen LogP contribution in [0.3, 0.4) is 0 Å². The Morgan fingerprint density at radius 2 is 1.88 bits per heavy atom. The van der Waals surface area contributed by atoms with Crippen LogP contribution in [0.1, 0.15) is 6.92 Å². The van der Waals surface area contributed by atoms with Crippen LogP contribution in [0.25, 0.3) is 0 Å². The van der Waals surface area contributed by atoms with Gasteiger partial charge in [0.25, 0.3) is 0 Å². The highest BCUT2D eigenvalue weighted by atomic mass is 35.6. The average molecular weight is 175 g/mol. The standard InChI is InChI=1S/C4H5Cl3O/c1-3(2-8-3)4(5,6)7/h2H2,1H3. The van der Waals surface area contributed by atoms with E-state index in [-0.39, 0.29) is 0 Å². The first-order valence-corrected chi connectivity index (χ1v) is 3.30. The fourth-order valence-corrected chi connectivity index (χ4v) is 0.599. The van der Waals surface area contributed by atoms with Crippen molar-refractivity contribution in [3.8, 4) is 0 Å². The first-order chi connectivity index (χ1) is 3.46. The molecule has 4 heteroatoms. The van der Waals surface area contributed by atoms with Crippen LogP contribution in [-0.4, -0.2) is 16.0 Å². The summed E-state index contributed by atoms with van der Waals surface area (Å²) in [5.74, 6) is 0. The molecule has 8 heavy (non-hydrogen) atoms. The zero-order valence-corrected chi connectivity index (χ0v) is 6.52. The molecule has 0 aromatic carbocycles. The van der Waals surface area contributed by atoms with E-state index in [2.05, 4.69) is 0 Å². The van der Waals surface area contributed by atoms with Gasteiger partial charge in [0.2, 0.25) is 3.79 Å². The molecule has 1 saturated heterocycles. The highest BCUT2D eigenvalue weighted by molar-refractivity contribution is 6.68. The van der Waals surface area contributed by atoms with Gasteiger partial charge in [-0.25, -0.2) is 0 Å². The van der Waals surface area contributed by atoms with Crippen LogP contribution in [-0.2, 0) is 4.74 Å². The van der Waals surface area contributed by atoms with Crippen LogP contribution in [0, 0.1) is 0 Å². The molecule has 48 valence electrons. The van der Waals surface area contributed by atoms with Crippen LogP contribution >= 0.6 is 34.8 Å². The normalized spacial score (nSPS) is 37.5. The maximum Gasteiger partial charge on any atom is 0.221 e. The molecular weight excluding hydrogens is 170 g/mol. The number of ether oxygens (including phenoxy) is 1. The summed E-state index contributed by atoms with van der Waals surface area (Å²) in [6, 6.07) is 0. The first kappa shape index (κ1) is 6.94. The topological polar surface area (TPSA) is 12.5 Å². The van der Waals surface area contributed by atoms with E-state index >= 15 is 0 Å². The van der Waals surface area contributed by atoms with Gasteiger partial charge in [0, 0.05) is 0 Å². The minimum atomic E-state index is -1.26. The SMILES string of the molecule is CC1(C(Cl)(Cl)Cl)CO1. The average Bonchev–Trinajstić information content (AvgIpc) is 2.16. The van der Waals surface area contributed by atoms with Crippen LogP contribution in [0.2, 0.25) is 0 Å². The van der Waals surface area contributed by atoms with Crippen molar-refractivity contribution >= 4 is 34.8 Å². The molecule has 1 fully saturated rings. The second-order valence-electron chi connectivity index (χ2n) is 2.02. The Bertz CT molecular complexity index is 99.1. The van der Waals surface area contributed by atoms with Gasteiger partial charge in [-0.15, -0.1) is 0 Å². The summed E-state index contributed by atoms with van der Waals surface area (Å²) >= 11 is 16.4. The minimum Gasteiger partial charge on any atom is -0.365 e. The molecule has 1 unspecified atom stereocenters. The molecule has 1 rings (SSSR count). The van der Waals surface area contributed by atoms with Crippen LogP contribution < -0.4 is 0 Å². The molecule has 0 radical (unpaired) electrons. The van der Waals surface area contributed by atoms with Crippen molar-refractivity contribution in [1.29, 1.82) is 0 Å². The second-order valence-corrected chi connectivity index (χ2v) is 4.30. The van der Waals surface area contributed by atoms with Crippen molar-refractivity contribution in [1.82, 2.24) is 0 Å². The van der Waals surface area contributed by atoms with Gasteiger partial charge in [-0.1, -0.05) is 34.8 Å². The lowest BCUT2D eigenvalue weighted by atomic mass is 10.2. The largest absolute Gasteiger partial charge is 0.365 e. The zero-order chi connectivity index (χ0) is 6.41. The van der Waals surface area contributed by atoms with Gasteiger partial charge in [0.15, 0.2) is 0 Å². The van der Waals surface area contributed by atoms with E-state index in [1.165, 1.54) is 0 Å². The quantitative estimate of drug-likeness (QED) is 0.406. The van der Waals surface area contributed by atoms with Crippen LogP contribution in [0.5, 0.6) is 0 Å². The maximum absolute atomic E-state index is 5.48. The van der Waals surface area contributed by atoms with Gasteiger partial charge in [0.05, 0.1) is 6.61 Å². The Labute approximate surface area is 62.9 Å². The Morgan fingerprint density at radius 3 is 1.88 bits per heavy atom. The third kappa shape index (κ3) is 1.06. The van der Waals surface area contributed by atoms with Gasteiger partial charge >= 0.3 is 0 Å². The minimum absolute atomic E-state index is 0.516. The highest BCUT2D eigenvalue weighted by Crippen LogP contribution is 2.48. The predicted molar refractivity (Wildman–Crippen MR) is 34.6 cm³/mol. The van der Waals surface area contributed by atoms with Gasteiger partial charge in [-0.2, -0.15) is 0 Å². The number of hydrogen-bond acceptors (Lipinski definition) is 1. The molecule has 1 heterocycles. The van der Waals surface area contributed by atoms with Crippen molar-refractivity contribution in [2.24, 2.45) is 0 Å². The molecule has 1 aliphatic rings. The van der Waals surface area contributed by atoms with Crippen molar-refractivity contribution in [2.75, 3.05) is 6.61 Å². The molecule has 0 bridgehead atoms. The molecule has 0 aromatic rings. The number of alkyl halides is 3. The molecule has 0 aliphatic carbocycles. The third-order valence-corrected chi connectivity index (χ3v) is 2.38. The lowest BCUT2D eigenvalue weighted by Crippen LogP contribution is -2.25. The lowest BCUT2D eigenvalue weighted by molar-refractivity contribution is 0.327. The van der Waals surface area contributed by atoms with E-state index < -0.39 is 9.39 Å². The van der Waals surface area contributed by atoms with Gasteiger partial charge in [-0.05, 0) is 6.92 Å². The predicted octanol–water partition coefficient (Wildman–Crippen LogP) is 2.15. The Kier molecular flexibility index (Phi) is 1.44. The number of hydrogen-bond donors (Lipinski definition) is 0. The van der Waals surface area contributed by atoms with E-state index in [9.17, 15) is 0 Å². The fourth-order valence-electron chi connectivity index (χ4n) is 0.272. The summed E-state index contributed by atoms with van der Waals surface area (Å²) in [6.07, 6.45) is 0. The molecule has 1 nitrogen and oxygen atoms in total. The lowest BCUT2D eigenvalue weighted by Gasteiger charge is -2.13. The molecule has 1 atom stereocenters. The van der Waals surface area contributed by atoms with Gasteiger partial charge < -0.3 is 4.74 Å². The fraction of sp³-hybridized carbons (Fsp3) is 1.00. The molecule has 1 aliphatic heterocycles. The third-order valence-electron chi connectivity index (χ3n) is 1.18. The van der Waals surface area contributed by atoms with Crippen molar-refractivity contribution < 1.29 is 4.74 Å². The monoisotopic (exact) mass is 174 g/mol. The molecule has 0 aromatic heterocycles. The second kappa shape index (κ2) is 1.66. The summed E-state index contributed by atoms with van der Waals surface area (Å²) in [5, 5.41) is 0. The van der Waals surface area contributed by atoms with E-state index in [0.717, 1.165) is 0 Å². The Morgan fingerprint density at radius 1 is 1.50 bits per heavy atom. The van der Waals surface area contributed by atoms with Crippen molar-refractivity contribution in [3.63, 3.8) is 0 Å². The van der Waals surface area contributed by atoms with Gasteiger partial charge in [0.1, 0.15) is 5.60 Å². The van der Waals surface area contributed by atoms with Gasteiger partial charge in [-0.3, -0.25) is 0 Å². The highest BCUT2D eigenvalue weighted by Gasteiger charge is 2.56. The van der Waals surface area contributed by atoms with E-state index in [1.807, 2.05) is 0 Å². The van der Waals surface area contributed by atoms with Crippen LogP contribution in [0.15, 0.2) is 0 Å². The van der Waals surface area contributed by atoms with Crippen molar-refractivity contribution in [3.05, 3.63) is 0 Å². The first-order valence-electron chi connectivity index (χ1n) is 2.16. The van der Waals surface area contributed by atoms with Crippen LogP contribution in [0.4, 0.5) is 0 Å². The Hall–Kier alpha value is 0.830. The Balaban J connectivity index is 2.58. The summed E-state index contributed by atoms with van der Waals surface area (Å²) in [6.45, 7) is 2.31. The summed E-state index contributed by atoms with van der Waals surface area (Å²) < 4.78 is 3.61. The molecule has 0 spiro atoms. The number of halogens is 3. The molecule has 0 saturated carbocycles. The molecule has 0 amide bonds. The summed E-state index contributed by atoms with van der Waals surface area (Å²) in [7, 11) is 0. The van der Waals surface area contributed by atoms with E-state index in [1.54, 1.807) is 6.92 Å². The molecule has 0 N–H and O–H groups in total. The van der Waals surface area contributed by atoms with E-state index in [0.29, 0.717) is 6.61 Å². The van der Waals surface area contributed by atoms with E-state index in [4.69, 9.17) is 39.5 Å². The maximum atomic E-state index is 5.48. The zero-order valence-electron chi connectivity index (χ0n) is 4.25.